The summed E-state index contributed by atoms with van der Waals surface area (Å²) in [5.74, 6) is -1.82. The lowest BCUT2D eigenvalue weighted by atomic mass is 10.1. The zero-order valence-electron chi connectivity index (χ0n) is 10.0. The van der Waals surface area contributed by atoms with Gasteiger partial charge in [0.15, 0.2) is 0 Å². The maximum Gasteiger partial charge on any atom is 0.255 e. The average molecular weight is 354 g/mol. The monoisotopic (exact) mass is 352 g/mol. The van der Waals surface area contributed by atoms with Crippen molar-refractivity contribution >= 4 is 45.1 Å². The molecule has 0 aliphatic carbocycles. The molecule has 20 heavy (non-hydrogen) atoms. The summed E-state index contributed by atoms with van der Waals surface area (Å²) in [5.41, 5.74) is 0.387. The third kappa shape index (κ3) is 3.37. The molecular formula is C14H8BrClNO3-. The molecule has 0 spiro atoms. The predicted molar refractivity (Wildman–Crippen MR) is 77.9 cm³/mol. The number of hydrogen-bond acceptors (Lipinski definition) is 3. The minimum atomic E-state index is -1.40. The lowest BCUT2D eigenvalue weighted by Gasteiger charge is -2.12. The van der Waals surface area contributed by atoms with E-state index >= 15 is 0 Å². The Bertz CT molecular complexity index is 671. The fraction of sp³-hybridized carbons (Fsp3) is 0. The summed E-state index contributed by atoms with van der Waals surface area (Å²) >= 11 is 8.99. The summed E-state index contributed by atoms with van der Waals surface area (Å²) in [6, 6.07) is 10.8. The topological polar surface area (TPSA) is 69.2 Å². The molecule has 2 rings (SSSR count). The van der Waals surface area contributed by atoms with Gasteiger partial charge in [-0.25, -0.2) is 0 Å². The number of halogens is 2. The standard InChI is InChI=1S/C14H9BrClNO3/c15-9-3-1-8(2-4-9)13(18)17-12-6-5-10(16)7-11(12)14(19)20/h1-7H,(H,17,18)(H,19,20)/p-1. The van der Waals surface area contributed by atoms with Crippen LogP contribution in [0.15, 0.2) is 46.9 Å². The minimum absolute atomic E-state index is 0.141. The second kappa shape index (κ2) is 6.07. The number of carbonyl (C=O) groups is 2. The van der Waals surface area contributed by atoms with Gasteiger partial charge >= 0.3 is 0 Å². The van der Waals surface area contributed by atoms with Crippen molar-refractivity contribution in [3.05, 3.63) is 63.1 Å². The molecule has 0 aromatic heterocycles. The molecule has 0 saturated carbocycles. The van der Waals surface area contributed by atoms with E-state index in [1.54, 1.807) is 24.3 Å². The summed E-state index contributed by atoms with van der Waals surface area (Å²) in [6.07, 6.45) is 0. The second-order valence-corrected chi connectivity index (χ2v) is 5.29. The molecule has 102 valence electrons. The van der Waals surface area contributed by atoms with Crippen molar-refractivity contribution in [2.75, 3.05) is 5.32 Å². The van der Waals surface area contributed by atoms with Crippen molar-refractivity contribution in [1.82, 2.24) is 0 Å². The van der Waals surface area contributed by atoms with Gasteiger partial charge in [-0.05, 0) is 42.5 Å². The molecule has 2 aromatic carbocycles. The van der Waals surface area contributed by atoms with Gasteiger partial charge in [-0.1, -0.05) is 27.5 Å². The largest absolute Gasteiger partial charge is 0.545 e. The molecule has 1 amide bonds. The van der Waals surface area contributed by atoms with Crippen molar-refractivity contribution in [2.45, 2.75) is 0 Å². The Labute approximate surface area is 128 Å². The van der Waals surface area contributed by atoms with Crippen LogP contribution in [-0.2, 0) is 0 Å². The van der Waals surface area contributed by atoms with E-state index in [9.17, 15) is 14.7 Å². The van der Waals surface area contributed by atoms with Crippen molar-refractivity contribution in [3.63, 3.8) is 0 Å². The number of benzene rings is 2. The lowest BCUT2D eigenvalue weighted by molar-refractivity contribution is -0.254. The van der Waals surface area contributed by atoms with Gasteiger partial charge in [0.1, 0.15) is 0 Å². The Morgan fingerprint density at radius 2 is 1.75 bits per heavy atom. The van der Waals surface area contributed by atoms with Crippen LogP contribution in [0.4, 0.5) is 5.69 Å². The van der Waals surface area contributed by atoms with Gasteiger partial charge in [0.2, 0.25) is 0 Å². The predicted octanol–water partition coefficient (Wildman–Crippen LogP) is 2.72. The first-order chi connectivity index (χ1) is 9.47. The summed E-state index contributed by atoms with van der Waals surface area (Å²) in [7, 11) is 0. The quantitative estimate of drug-likeness (QED) is 0.922. The fourth-order valence-corrected chi connectivity index (χ4v) is 2.03. The minimum Gasteiger partial charge on any atom is -0.545 e. The zero-order valence-corrected chi connectivity index (χ0v) is 12.4. The van der Waals surface area contributed by atoms with Crippen LogP contribution in [0.5, 0.6) is 0 Å². The van der Waals surface area contributed by atoms with E-state index in [0.29, 0.717) is 5.56 Å². The number of carboxylic acids is 1. The summed E-state index contributed by atoms with van der Waals surface area (Å²) in [4.78, 5) is 23.0. The maximum atomic E-state index is 12.0. The summed E-state index contributed by atoms with van der Waals surface area (Å²) in [5, 5.41) is 13.8. The van der Waals surface area contributed by atoms with Crippen molar-refractivity contribution in [2.24, 2.45) is 0 Å². The molecule has 0 saturated heterocycles. The Morgan fingerprint density at radius 1 is 1.10 bits per heavy atom. The number of amides is 1. The molecule has 0 radical (unpaired) electrons. The van der Waals surface area contributed by atoms with Gasteiger partial charge in [-0.2, -0.15) is 0 Å². The van der Waals surface area contributed by atoms with Crippen LogP contribution in [0.25, 0.3) is 0 Å². The molecule has 0 unspecified atom stereocenters. The van der Waals surface area contributed by atoms with E-state index in [0.717, 1.165) is 4.47 Å². The van der Waals surface area contributed by atoms with Gasteiger partial charge in [0.25, 0.3) is 5.91 Å². The van der Waals surface area contributed by atoms with Gasteiger partial charge in [-0.15, -0.1) is 0 Å². The van der Waals surface area contributed by atoms with Crippen molar-refractivity contribution in [1.29, 1.82) is 0 Å². The van der Waals surface area contributed by atoms with Gasteiger partial charge < -0.3 is 15.2 Å². The Morgan fingerprint density at radius 3 is 2.35 bits per heavy atom. The number of hydrogen-bond donors (Lipinski definition) is 1. The summed E-state index contributed by atoms with van der Waals surface area (Å²) in [6.45, 7) is 0. The number of carbonyl (C=O) groups excluding carboxylic acids is 2. The van der Waals surface area contributed by atoms with Crippen molar-refractivity contribution in [3.8, 4) is 0 Å². The molecule has 0 bridgehead atoms. The molecule has 0 heterocycles. The highest BCUT2D eigenvalue weighted by Crippen LogP contribution is 2.21. The van der Waals surface area contributed by atoms with Crippen LogP contribution in [0, 0.1) is 0 Å². The first-order valence-electron chi connectivity index (χ1n) is 5.55. The molecular weight excluding hydrogens is 346 g/mol. The SMILES string of the molecule is O=C(Nc1ccc(Cl)cc1C(=O)[O-])c1ccc(Br)cc1. The maximum absolute atomic E-state index is 12.0. The van der Waals surface area contributed by atoms with Crippen LogP contribution in [-0.4, -0.2) is 11.9 Å². The van der Waals surface area contributed by atoms with Gasteiger partial charge in [0, 0.05) is 20.6 Å². The number of aromatic carboxylic acids is 1. The van der Waals surface area contributed by atoms with Crippen molar-refractivity contribution < 1.29 is 14.7 Å². The van der Waals surface area contributed by atoms with Crippen LogP contribution in [0.2, 0.25) is 5.02 Å². The van der Waals surface area contributed by atoms with Crippen LogP contribution in [0.3, 0.4) is 0 Å². The molecule has 2 aromatic rings. The first kappa shape index (κ1) is 14.6. The Balaban J connectivity index is 2.28. The molecule has 4 nitrogen and oxygen atoms in total. The fourth-order valence-electron chi connectivity index (χ4n) is 1.59. The van der Waals surface area contributed by atoms with Gasteiger partial charge in [0.05, 0.1) is 11.7 Å². The van der Waals surface area contributed by atoms with Crippen LogP contribution < -0.4 is 10.4 Å². The molecule has 0 aliphatic heterocycles. The van der Waals surface area contributed by atoms with E-state index in [1.807, 2.05) is 0 Å². The third-order valence-corrected chi connectivity index (χ3v) is 3.32. The Kier molecular flexibility index (Phi) is 4.42. The highest BCUT2D eigenvalue weighted by molar-refractivity contribution is 9.10. The van der Waals surface area contributed by atoms with Gasteiger partial charge in [-0.3, -0.25) is 4.79 Å². The normalized spacial score (nSPS) is 10.1. The highest BCUT2D eigenvalue weighted by Gasteiger charge is 2.10. The summed E-state index contributed by atoms with van der Waals surface area (Å²) < 4.78 is 0.843. The second-order valence-electron chi connectivity index (χ2n) is 3.94. The number of rotatable bonds is 3. The van der Waals surface area contributed by atoms with Crippen LogP contribution in [0.1, 0.15) is 20.7 Å². The molecule has 0 fully saturated rings. The first-order valence-corrected chi connectivity index (χ1v) is 6.72. The molecule has 0 atom stereocenters. The number of anilines is 1. The van der Waals surface area contributed by atoms with E-state index in [2.05, 4.69) is 21.2 Å². The van der Waals surface area contributed by atoms with E-state index in [1.165, 1.54) is 18.2 Å². The third-order valence-electron chi connectivity index (χ3n) is 2.56. The molecule has 1 N–H and O–H groups in total. The zero-order chi connectivity index (χ0) is 14.7. The van der Waals surface area contributed by atoms with E-state index in [4.69, 9.17) is 11.6 Å². The lowest BCUT2D eigenvalue weighted by Crippen LogP contribution is -2.24. The van der Waals surface area contributed by atoms with Crippen LogP contribution >= 0.6 is 27.5 Å². The molecule has 0 aliphatic rings. The highest BCUT2D eigenvalue weighted by atomic mass is 79.9. The van der Waals surface area contributed by atoms with E-state index in [-0.39, 0.29) is 16.3 Å². The van der Waals surface area contributed by atoms with E-state index < -0.39 is 11.9 Å². The molecule has 6 heteroatoms. The number of nitrogens with one attached hydrogen (secondary N) is 1. The number of carboxylic acid groups (broad SMARTS) is 1. The smallest absolute Gasteiger partial charge is 0.255 e. The average Bonchev–Trinajstić information content (AvgIpc) is 2.41. The Hall–Kier alpha value is -1.85.